The van der Waals surface area contributed by atoms with Crippen LogP contribution >= 0.6 is 0 Å². The first-order chi connectivity index (χ1) is 9.08. The third-order valence-electron chi connectivity index (χ3n) is 4.78. The van der Waals surface area contributed by atoms with Crippen molar-refractivity contribution in [2.75, 3.05) is 0 Å². The molecule has 1 amide bonds. The number of hydrogen-bond acceptors (Lipinski definition) is 2. The van der Waals surface area contributed by atoms with Gasteiger partial charge < -0.3 is 10.0 Å². The van der Waals surface area contributed by atoms with Gasteiger partial charge in [-0.1, -0.05) is 12.1 Å². The molecule has 1 N–H and O–H groups in total. The van der Waals surface area contributed by atoms with Crippen LogP contribution in [0.5, 0.6) is 0 Å². The highest BCUT2D eigenvalue weighted by atomic mass is 16.3. The number of aryl methyl sites for hydroxylation is 1. The first kappa shape index (κ1) is 12.7. The highest BCUT2D eigenvalue weighted by molar-refractivity contribution is 5.96. The van der Waals surface area contributed by atoms with E-state index in [-0.39, 0.29) is 24.1 Å². The van der Waals surface area contributed by atoms with Crippen molar-refractivity contribution in [3.05, 3.63) is 34.9 Å². The van der Waals surface area contributed by atoms with Gasteiger partial charge in [-0.3, -0.25) is 4.79 Å². The Balaban J connectivity index is 1.91. The Kier molecular flexibility index (Phi) is 3.09. The van der Waals surface area contributed by atoms with Gasteiger partial charge in [-0.2, -0.15) is 0 Å². The lowest BCUT2D eigenvalue weighted by Gasteiger charge is -2.37. The maximum atomic E-state index is 12.8. The van der Waals surface area contributed by atoms with E-state index in [4.69, 9.17) is 0 Å². The molecule has 2 heterocycles. The Bertz CT molecular complexity index is 497. The Morgan fingerprint density at radius 1 is 1.21 bits per heavy atom. The molecule has 2 bridgehead atoms. The fraction of sp³-hybridized carbons (Fsp3) is 0.562. The number of hydrogen-bond donors (Lipinski definition) is 1. The van der Waals surface area contributed by atoms with Gasteiger partial charge in [0.2, 0.25) is 0 Å². The second-order valence-corrected chi connectivity index (χ2v) is 5.97. The predicted molar refractivity (Wildman–Crippen MR) is 74.1 cm³/mol. The van der Waals surface area contributed by atoms with E-state index in [0.717, 1.165) is 42.4 Å². The average molecular weight is 259 g/mol. The minimum absolute atomic E-state index is 0.153. The van der Waals surface area contributed by atoms with Crippen molar-refractivity contribution in [2.24, 2.45) is 0 Å². The molecule has 2 saturated heterocycles. The molecule has 19 heavy (non-hydrogen) atoms. The lowest BCUT2D eigenvalue weighted by molar-refractivity contribution is 0.0286. The third-order valence-corrected chi connectivity index (χ3v) is 4.78. The summed E-state index contributed by atoms with van der Waals surface area (Å²) in [4.78, 5) is 14.8. The Hall–Kier alpha value is -1.35. The fourth-order valence-electron chi connectivity index (χ4n) is 3.60. The van der Waals surface area contributed by atoms with E-state index < -0.39 is 0 Å². The summed E-state index contributed by atoms with van der Waals surface area (Å²) >= 11 is 0. The molecule has 2 aliphatic rings. The van der Waals surface area contributed by atoms with Crippen molar-refractivity contribution in [1.29, 1.82) is 0 Å². The largest absolute Gasteiger partial charge is 0.393 e. The SMILES string of the molecule is Cc1cccc(C(=O)N2C3CCC2CC(O)C3)c1C. The van der Waals surface area contributed by atoms with E-state index in [1.165, 1.54) is 0 Å². The predicted octanol–water partition coefficient (Wildman–Crippen LogP) is 2.43. The van der Waals surface area contributed by atoms with Gasteiger partial charge in [-0.25, -0.2) is 0 Å². The number of nitrogens with zero attached hydrogens (tertiary/aromatic N) is 1. The van der Waals surface area contributed by atoms with Gasteiger partial charge in [0, 0.05) is 17.6 Å². The molecule has 3 rings (SSSR count). The molecule has 3 nitrogen and oxygen atoms in total. The van der Waals surface area contributed by atoms with Gasteiger partial charge in [0.1, 0.15) is 0 Å². The monoisotopic (exact) mass is 259 g/mol. The average Bonchev–Trinajstić information content (AvgIpc) is 2.64. The van der Waals surface area contributed by atoms with Crippen LogP contribution in [0.2, 0.25) is 0 Å². The molecule has 2 unspecified atom stereocenters. The summed E-state index contributed by atoms with van der Waals surface area (Å²) in [6, 6.07) is 6.40. The molecule has 2 aliphatic heterocycles. The Labute approximate surface area is 114 Å². The highest BCUT2D eigenvalue weighted by Crippen LogP contribution is 2.37. The van der Waals surface area contributed by atoms with Crippen LogP contribution in [0.25, 0.3) is 0 Å². The molecule has 0 radical (unpaired) electrons. The number of amides is 1. The second-order valence-electron chi connectivity index (χ2n) is 5.97. The number of benzene rings is 1. The summed E-state index contributed by atoms with van der Waals surface area (Å²) in [6.07, 6.45) is 3.34. The van der Waals surface area contributed by atoms with Crippen molar-refractivity contribution in [3.8, 4) is 0 Å². The topological polar surface area (TPSA) is 40.5 Å². The third kappa shape index (κ3) is 2.06. The number of fused-ring (bicyclic) bond motifs is 2. The molecule has 2 atom stereocenters. The van der Waals surface area contributed by atoms with Crippen LogP contribution in [-0.4, -0.2) is 34.1 Å². The van der Waals surface area contributed by atoms with Crippen LogP contribution in [0.15, 0.2) is 18.2 Å². The Morgan fingerprint density at radius 3 is 2.47 bits per heavy atom. The van der Waals surface area contributed by atoms with Gasteiger partial charge in [0.15, 0.2) is 0 Å². The standard InChI is InChI=1S/C16H21NO2/c1-10-4-3-5-15(11(10)2)16(19)17-12-6-7-13(17)9-14(18)8-12/h3-5,12-14,18H,6-9H2,1-2H3. The van der Waals surface area contributed by atoms with E-state index in [1.54, 1.807) is 0 Å². The second kappa shape index (κ2) is 4.64. The van der Waals surface area contributed by atoms with Crippen molar-refractivity contribution in [2.45, 2.75) is 57.7 Å². The Morgan fingerprint density at radius 2 is 1.84 bits per heavy atom. The minimum atomic E-state index is -0.222. The van der Waals surface area contributed by atoms with Crippen LogP contribution in [0.4, 0.5) is 0 Å². The molecular formula is C16H21NO2. The summed E-state index contributed by atoms with van der Waals surface area (Å²) in [5.74, 6) is 0.153. The molecule has 1 aromatic carbocycles. The van der Waals surface area contributed by atoms with Crippen LogP contribution in [0.3, 0.4) is 0 Å². The normalized spacial score (nSPS) is 29.6. The lowest BCUT2D eigenvalue weighted by atomic mass is 9.96. The van der Waals surface area contributed by atoms with Gasteiger partial charge in [-0.15, -0.1) is 0 Å². The molecule has 0 spiro atoms. The number of piperidine rings is 1. The molecule has 3 heteroatoms. The fourth-order valence-corrected chi connectivity index (χ4v) is 3.60. The van der Waals surface area contributed by atoms with Gasteiger partial charge in [0.25, 0.3) is 5.91 Å². The zero-order chi connectivity index (χ0) is 13.6. The van der Waals surface area contributed by atoms with Crippen LogP contribution < -0.4 is 0 Å². The van der Waals surface area contributed by atoms with E-state index in [9.17, 15) is 9.90 Å². The van der Waals surface area contributed by atoms with Crippen molar-refractivity contribution in [3.63, 3.8) is 0 Å². The van der Waals surface area contributed by atoms with Gasteiger partial charge in [0.05, 0.1) is 6.10 Å². The molecule has 1 aromatic rings. The zero-order valence-electron chi connectivity index (χ0n) is 11.6. The number of aliphatic hydroxyl groups excluding tert-OH is 1. The minimum Gasteiger partial charge on any atom is -0.393 e. The van der Waals surface area contributed by atoms with E-state index in [0.29, 0.717) is 0 Å². The molecule has 0 aromatic heterocycles. The molecule has 0 saturated carbocycles. The summed E-state index contributed by atoms with van der Waals surface area (Å²) < 4.78 is 0. The van der Waals surface area contributed by atoms with Gasteiger partial charge >= 0.3 is 0 Å². The number of aliphatic hydroxyl groups is 1. The highest BCUT2D eigenvalue weighted by Gasteiger charge is 2.43. The van der Waals surface area contributed by atoms with Crippen LogP contribution in [0, 0.1) is 13.8 Å². The maximum Gasteiger partial charge on any atom is 0.254 e. The molecular weight excluding hydrogens is 238 g/mol. The molecule has 102 valence electrons. The first-order valence-corrected chi connectivity index (χ1v) is 7.15. The first-order valence-electron chi connectivity index (χ1n) is 7.15. The number of carbonyl (C=O) groups excluding carboxylic acids is 1. The lowest BCUT2D eigenvalue weighted by Crippen LogP contribution is -2.48. The zero-order valence-corrected chi connectivity index (χ0v) is 11.6. The number of carbonyl (C=O) groups is 1. The van der Waals surface area contributed by atoms with Crippen molar-refractivity contribution in [1.82, 2.24) is 4.90 Å². The van der Waals surface area contributed by atoms with Crippen molar-refractivity contribution >= 4 is 5.91 Å². The van der Waals surface area contributed by atoms with Crippen LogP contribution in [0.1, 0.15) is 47.2 Å². The van der Waals surface area contributed by atoms with E-state index >= 15 is 0 Å². The summed E-state index contributed by atoms with van der Waals surface area (Å²) in [6.45, 7) is 4.06. The van der Waals surface area contributed by atoms with Crippen molar-refractivity contribution < 1.29 is 9.90 Å². The number of rotatable bonds is 1. The van der Waals surface area contributed by atoms with E-state index in [1.807, 2.05) is 36.9 Å². The van der Waals surface area contributed by atoms with E-state index in [2.05, 4.69) is 0 Å². The molecule has 2 fully saturated rings. The smallest absolute Gasteiger partial charge is 0.254 e. The van der Waals surface area contributed by atoms with Crippen LogP contribution in [-0.2, 0) is 0 Å². The van der Waals surface area contributed by atoms with Gasteiger partial charge in [-0.05, 0) is 56.7 Å². The summed E-state index contributed by atoms with van der Waals surface area (Å²) in [5, 5.41) is 9.82. The quantitative estimate of drug-likeness (QED) is 0.841. The maximum absolute atomic E-state index is 12.8. The summed E-state index contributed by atoms with van der Waals surface area (Å²) in [7, 11) is 0. The summed E-state index contributed by atoms with van der Waals surface area (Å²) in [5.41, 5.74) is 3.07. The molecule has 0 aliphatic carbocycles.